The maximum absolute atomic E-state index is 13.8. The van der Waals surface area contributed by atoms with Crippen LogP contribution in [0.15, 0.2) is 18.2 Å². The Bertz CT molecular complexity index is 437. The number of ether oxygens (including phenoxy) is 1. The zero-order chi connectivity index (χ0) is 12.4. The Kier molecular flexibility index (Phi) is 3.28. The van der Waals surface area contributed by atoms with E-state index < -0.39 is 5.82 Å². The maximum atomic E-state index is 13.8. The summed E-state index contributed by atoms with van der Waals surface area (Å²) in [6.45, 7) is 0.929. The third-order valence-corrected chi connectivity index (χ3v) is 2.98. The average Bonchev–Trinajstić information content (AvgIpc) is 2.70. The van der Waals surface area contributed by atoms with Crippen LogP contribution in [-0.4, -0.2) is 26.1 Å². The minimum atomic E-state index is -0.449. The summed E-state index contributed by atoms with van der Waals surface area (Å²) in [5.74, 6) is 0.0251. The van der Waals surface area contributed by atoms with Gasteiger partial charge in [0.05, 0.1) is 12.8 Å². The van der Waals surface area contributed by atoms with E-state index in [0.717, 1.165) is 0 Å². The lowest BCUT2D eigenvalue weighted by atomic mass is 10.1. The van der Waals surface area contributed by atoms with Gasteiger partial charge in [0.1, 0.15) is 5.75 Å². The summed E-state index contributed by atoms with van der Waals surface area (Å²) in [5, 5.41) is 0. The van der Waals surface area contributed by atoms with E-state index in [4.69, 9.17) is 10.5 Å². The molecule has 1 aromatic carbocycles. The molecule has 0 spiro atoms. The highest BCUT2D eigenvalue weighted by molar-refractivity contribution is 5.95. The molecule has 0 aromatic heterocycles. The third kappa shape index (κ3) is 2.24. The molecule has 1 heterocycles. The number of halogens is 1. The number of nitrogens with zero attached hydrogens (tertiary/aromatic N) is 1. The highest BCUT2D eigenvalue weighted by Crippen LogP contribution is 2.29. The molecule has 1 amide bonds. The summed E-state index contributed by atoms with van der Waals surface area (Å²) in [6, 6.07) is 4.48. The van der Waals surface area contributed by atoms with E-state index in [-0.39, 0.29) is 11.8 Å². The van der Waals surface area contributed by atoms with E-state index in [1.807, 2.05) is 0 Å². The molecule has 0 bridgehead atoms. The molecular formula is C12H15FN2O2. The van der Waals surface area contributed by atoms with Crippen LogP contribution in [0.4, 0.5) is 10.1 Å². The fourth-order valence-corrected chi connectivity index (χ4v) is 2.01. The highest BCUT2D eigenvalue weighted by atomic mass is 19.1. The van der Waals surface area contributed by atoms with Crippen molar-refractivity contribution in [3.05, 3.63) is 24.0 Å². The van der Waals surface area contributed by atoms with Gasteiger partial charge in [-0.3, -0.25) is 4.79 Å². The zero-order valence-corrected chi connectivity index (χ0v) is 9.65. The lowest BCUT2D eigenvalue weighted by molar-refractivity contribution is -0.117. The number of hydrogen-bond acceptors (Lipinski definition) is 3. The van der Waals surface area contributed by atoms with Gasteiger partial charge in [0.25, 0.3) is 0 Å². The number of anilines is 1. The second kappa shape index (κ2) is 4.71. The van der Waals surface area contributed by atoms with Crippen LogP contribution in [0.5, 0.6) is 5.75 Å². The van der Waals surface area contributed by atoms with Gasteiger partial charge in [-0.15, -0.1) is 0 Å². The Hall–Kier alpha value is -1.62. The Morgan fingerprint density at radius 2 is 2.35 bits per heavy atom. The van der Waals surface area contributed by atoms with Gasteiger partial charge in [0.2, 0.25) is 5.91 Å². The van der Waals surface area contributed by atoms with E-state index in [9.17, 15) is 9.18 Å². The Morgan fingerprint density at radius 3 is 2.88 bits per heavy atom. The van der Waals surface area contributed by atoms with Gasteiger partial charge in [-0.05, 0) is 24.6 Å². The van der Waals surface area contributed by atoms with Crippen molar-refractivity contribution in [2.75, 3.05) is 25.1 Å². The van der Waals surface area contributed by atoms with Gasteiger partial charge in [-0.1, -0.05) is 0 Å². The molecule has 5 heteroatoms. The fraction of sp³-hybridized carbons (Fsp3) is 0.417. The number of amides is 1. The summed E-state index contributed by atoms with van der Waals surface area (Å²) in [7, 11) is 1.47. The minimum Gasteiger partial charge on any atom is -0.497 e. The predicted octanol–water partition coefficient (Wildman–Crippen LogP) is 1.15. The number of benzene rings is 1. The topological polar surface area (TPSA) is 55.6 Å². The van der Waals surface area contributed by atoms with Gasteiger partial charge in [-0.2, -0.15) is 0 Å². The number of methoxy groups -OCH3 is 1. The number of nitrogens with two attached hydrogens (primary N) is 1. The molecule has 0 aliphatic carbocycles. The second-order valence-corrected chi connectivity index (χ2v) is 4.13. The molecule has 0 radical (unpaired) electrons. The monoisotopic (exact) mass is 238 g/mol. The molecule has 1 aliphatic heterocycles. The van der Waals surface area contributed by atoms with Crippen LogP contribution >= 0.6 is 0 Å². The SMILES string of the molecule is COc1ccc(N2CC(CN)CC2=O)c(F)c1. The first kappa shape index (κ1) is 11.9. The first-order chi connectivity index (χ1) is 8.15. The molecule has 4 nitrogen and oxygen atoms in total. The van der Waals surface area contributed by atoms with Crippen LogP contribution in [-0.2, 0) is 4.79 Å². The van der Waals surface area contributed by atoms with Gasteiger partial charge in [0.15, 0.2) is 5.82 Å². The van der Waals surface area contributed by atoms with Crippen molar-refractivity contribution in [1.29, 1.82) is 0 Å². The molecule has 1 aromatic rings. The van der Waals surface area contributed by atoms with Crippen molar-refractivity contribution in [3.8, 4) is 5.75 Å². The summed E-state index contributed by atoms with van der Waals surface area (Å²) >= 11 is 0. The van der Waals surface area contributed by atoms with Crippen LogP contribution < -0.4 is 15.4 Å². The minimum absolute atomic E-state index is 0.0792. The highest BCUT2D eigenvalue weighted by Gasteiger charge is 2.31. The second-order valence-electron chi connectivity index (χ2n) is 4.13. The van der Waals surface area contributed by atoms with Crippen LogP contribution in [0.3, 0.4) is 0 Å². The molecule has 1 atom stereocenters. The summed E-state index contributed by atoms with van der Waals surface area (Å²) < 4.78 is 18.7. The van der Waals surface area contributed by atoms with Crippen molar-refractivity contribution >= 4 is 11.6 Å². The molecule has 2 N–H and O–H groups in total. The van der Waals surface area contributed by atoms with E-state index in [0.29, 0.717) is 30.9 Å². The molecule has 2 rings (SSSR count). The molecule has 1 aliphatic rings. The van der Waals surface area contributed by atoms with Crippen LogP contribution in [0.25, 0.3) is 0 Å². The standard InChI is InChI=1S/C12H15FN2O2/c1-17-9-2-3-11(10(13)5-9)15-7-8(6-14)4-12(15)16/h2-3,5,8H,4,6-7,14H2,1H3. The Balaban J connectivity index is 2.26. The summed E-state index contributed by atoms with van der Waals surface area (Å²) in [5.41, 5.74) is 5.83. The molecule has 0 saturated carbocycles. The van der Waals surface area contributed by atoms with Crippen molar-refractivity contribution in [2.45, 2.75) is 6.42 Å². The van der Waals surface area contributed by atoms with Crippen molar-refractivity contribution < 1.29 is 13.9 Å². The van der Waals surface area contributed by atoms with E-state index in [2.05, 4.69) is 0 Å². The number of hydrogen-bond donors (Lipinski definition) is 1. The number of carbonyl (C=O) groups is 1. The normalized spacial score (nSPS) is 19.8. The maximum Gasteiger partial charge on any atom is 0.227 e. The summed E-state index contributed by atoms with van der Waals surface area (Å²) in [6.07, 6.45) is 0.391. The smallest absolute Gasteiger partial charge is 0.227 e. The van der Waals surface area contributed by atoms with E-state index >= 15 is 0 Å². The third-order valence-electron chi connectivity index (χ3n) is 2.98. The molecule has 92 valence electrons. The van der Waals surface area contributed by atoms with E-state index in [1.54, 1.807) is 12.1 Å². The number of carbonyl (C=O) groups excluding carboxylic acids is 1. The Labute approximate surface area is 99.2 Å². The largest absolute Gasteiger partial charge is 0.497 e. The fourth-order valence-electron chi connectivity index (χ4n) is 2.01. The van der Waals surface area contributed by atoms with Gasteiger partial charge in [-0.25, -0.2) is 4.39 Å². The van der Waals surface area contributed by atoms with Crippen molar-refractivity contribution in [1.82, 2.24) is 0 Å². The van der Waals surface area contributed by atoms with Crippen LogP contribution in [0.1, 0.15) is 6.42 Å². The first-order valence-corrected chi connectivity index (χ1v) is 5.49. The van der Waals surface area contributed by atoms with Crippen molar-refractivity contribution in [2.24, 2.45) is 11.7 Å². The van der Waals surface area contributed by atoms with Crippen LogP contribution in [0.2, 0.25) is 0 Å². The number of rotatable bonds is 3. The summed E-state index contributed by atoms with van der Waals surface area (Å²) in [4.78, 5) is 13.2. The van der Waals surface area contributed by atoms with Gasteiger partial charge < -0.3 is 15.4 Å². The van der Waals surface area contributed by atoms with Gasteiger partial charge >= 0.3 is 0 Å². The van der Waals surface area contributed by atoms with Gasteiger partial charge in [0, 0.05) is 19.0 Å². The molecule has 1 unspecified atom stereocenters. The lowest BCUT2D eigenvalue weighted by Crippen LogP contribution is -2.26. The first-order valence-electron chi connectivity index (χ1n) is 5.49. The molecular weight excluding hydrogens is 223 g/mol. The predicted molar refractivity (Wildman–Crippen MR) is 62.5 cm³/mol. The molecule has 17 heavy (non-hydrogen) atoms. The molecule has 1 fully saturated rings. The average molecular weight is 238 g/mol. The van der Waals surface area contributed by atoms with Crippen molar-refractivity contribution in [3.63, 3.8) is 0 Å². The zero-order valence-electron chi connectivity index (χ0n) is 9.65. The lowest BCUT2D eigenvalue weighted by Gasteiger charge is -2.17. The van der Waals surface area contributed by atoms with E-state index in [1.165, 1.54) is 18.1 Å². The Morgan fingerprint density at radius 1 is 1.59 bits per heavy atom. The quantitative estimate of drug-likeness (QED) is 0.859. The molecule has 1 saturated heterocycles. The van der Waals surface area contributed by atoms with Crippen LogP contribution in [0, 0.1) is 11.7 Å².